The molecule has 0 aromatic carbocycles. The molecule has 0 bridgehead atoms. The number of thioether (sulfide) groups is 1. The highest BCUT2D eigenvalue weighted by Gasteiger charge is 1.96. The molecule has 0 atom stereocenters. The van der Waals surface area contributed by atoms with Crippen LogP contribution in [0.2, 0.25) is 0 Å². The molecule has 0 aromatic rings. The number of hydrogen-bond acceptors (Lipinski definition) is 2. The minimum Gasteiger partial charge on any atom is -0.280 e. The molecule has 3 nitrogen and oxygen atoms in total. The van der Waals surface area contributed by atoms with Gasteiger partial charge in [-0.1, -0.05) is 12.0 Å². The summed E-state index contributed by atoms with van der Waals surface area (Å²) in [7, 11) is 0. The third-order valence-electron chi connectivity index (χ3n) is 0.851. The van der Waals surface area contributed by atoms with E-state index in [1.54, 1.807) is 11.8 Å². The van der Waals surface area contributed by atoms with Crippen molar-refractivity contribution in [3.05, 3.63) is 0 Å². The van der Waals surface area contributed by atoms with E-state index in [-0.39, 0.29) is 0 Å². The van der Waals surface area contributed by atoms with Crippen LogP contribution in [0, 0.1) is 0 Å². The lowest BCUT2D eigenvalue weighted by atomic mass is 10.5. The smallest absolute Gasteiger partial charge is 0.280 e. The van der Waals surface area contributed by atoms with Gasteiger partial charge in [-0.15, -0.1) is 5.10 Å². The summed E-state index contributed by atoms with van der Waals surface area (Å²) < 4.78 is 0. The summed E-state index contributed by atoms with van der Waals surface area (Å²) in [6.45, 7) is 5.96. The quantitative estimate of drug-likeness (QED) is 0.357. The summed E-state index contributed by atoms with van der Waals surface area (Å²) in [6.07, 6.45) is 1.13. The van der Waals surface area contributed by atoms with Crippen molar-refractivity contribution in [2.45, 2.75) is 27.2 Å². The van der Waals surface area contributed by atoms with Crippen LogP contribution in [0.25, 0.3) is 0 Å². The summed E-state index contributed by atoms with van der Waals surface area (Å²) >= 11 is 1.59. The van der Waals surface area contributed by atoms with Gasteiger partial charge in [0.2, 0.25) is 0 Å². The first-order chi connectivity index (χ1) is 5.16. The van der Waals surface area contributed by atoms with Gasteiger partial charge in [0.1, 0.15) is 0 Å². The number of hydrazone groups is 1. The molecular formula is C7H16N3S+. The van der Waals surface area contributed by atoms with Crippen molar-refractivity contribution in [2.24, 2.45) is 10.8 Å². The molecule has 3 N–H and O–H groups in total. The normalized spacial score (nSPS) is 11.4. The highest BCUT2D eigenvalue weighted by atomic mass is 32.2. The van der Waals surface area contributed by atoms with Gasteiger partial charge in [0, 0.05) is 5.75 Å². The van der Waals surface area contributed by atoms with E-state index in [9.17, 15) is 0 Å². The Bertz CT molecular complexity index is 159. The van der Waals surface area contributed by atoms with Crippen molar-refractivity contribution in [1.29, 1.82) is 0 Å². The van der Waals surface area contributed by atoms with Crippen LogP contribution >= 0.6 is 11.8 Å². The van der Waals surface area contributed by atoms with Gasteiger partial charge in [-0.25, -0.2) is 0 Å². The summed E-state index contributed by atoms with van der Waals surface area (Å²) in [5.41, 5.74) is 6.55. The van der Waals surface area contributed by atoms with Crippen LogP contribution in [0.3, 0.4) is 0 Å². The second-order valence-corrected chi connectivity index (χ2v) is 3.52. The first-order valence-corrected chi connectivity index (χ1v) is 4.67. The van der Waals surface area contributed by atoms with Gasteiger partial charge in [0.15, 0.2) is 0 Å². The molecule has 0 rings (SSSR count). The lowest BCUT2D eigenvalue weighted by Crippen LogP contribution is -2.68. The SMILES string of the molecule is CCCSC(N)=[NH+]N=C(C)C. The molecular weight excluding hydrogens is 158 g/mol. The molecule has 0 aliphatic rings. The summed E-state index contributed by atoms with van der Waals surface area (Å²) in [5, 5.41) is 7.40. The zero-order valence-corrected chi connectivity index (χ0v) is 8.16. The molecule has 0 aliphatic heterocycles. The van der Waals surface area contributed by atoms with Gasteiger partial charge in [0.25, 0.3) is 0 Å². The second-order valence-electron chi connectivity index (χ2n) is 2.38. The van der Waals surface area contributed by atoms with Gasteiger partial charge in [-0.2, -0.15) is 0 Å². The molecule has 0 aliphatic carbocycles. The van der Waals surface area contributed by atoms with Gasteiger partial charge >= 0.3 is 5.17 Å². The lowest BCUT2D eigenvalue weighted by Gasteiger charge is -1.89. The minimum atomic E-state index is 0.674. The van der Waals surface area contributed by atoms with Crippen molar-refractivity contribution in [2.75, 3.05) is 5.75 Å². The Kier molecular flexibility index (Phi) is 5.93. The molecule has 11 heavy (non-hydrogen) atoms. The third-order valence-corrected chi connectivity index (χ3v) is 1.87. The van der Waals surface area contributed by atoms with Crippen molar-refractivity contribution >= 4 is 22.6 Å². The van der Waals surface area contributed by atoms with Crippen LogP contribution in [0.15, 0.2) is 5.10 Å². The van der Waals surface area contributed by atoms with Crippen LogP contribution < -0.4 is 10.8 Å². The highest BCUT2D eigenvalue weighted by molar-refractivity contribution is 8.13. The minimum absolute atomic E-state index is 0.674. The molecule has 0 heterocycles. The molecule has 0 spiro atoms. The molecule has 0 saturated heterocycles. The van der Waals surface area contributed by atoms with E-state index >= 15 is 0 Å². The molecule has 4 heteroatoms. The topological polar surface area (TPSA) is 52.4 Å². The van der Waals surface area contributed by atoms with Gasteiger partial charge in [0.05, 0.1) is 5.71 Å². The van der Waals surface area contributed by atoms with Gasteiger partial charge in [-0.05, 0) is 32.0 Å². The Hall–Kier alpha value is -0.510. The van der Waals surface area contributed by atoms with Crippen LogP contribution in [-0.2, 0) is 0 Å². The van der Waals surface area contributed by atoms with Crippen molar-refractivity contribution in [1.82, 2.24) is 0 Å². The average Bonchev–Trinajstić information content (AvgIpc) is 1.97. The first-order valence-electron chi connectivity index (χ1n) is 3.69. The summed E-state index contributed by atoms with van der Waals surface area (Å²) in [5.74, 6) is 1.04. The molecule has 0 unspecified atom stereocenters. The van der Waals surface area contributed by atoms with E-state index in [2.05, 4.69) is 17.1 Å². The van der Waals surface area contributed by atoms with E-state index in [1.165, 1.54) is 0 Å². The Morgan fingerprint density at radius 3 is 2.64 bits per heavy atom. The zero-order valence-electron chi connectivity index (χ0n) is 7.35. The Balaban J connectivity index is 3.72. The fourth-order valence-electron chi connectivity index (χ4n) is 0.411. The van der Waals surface area contributed by atoms with Crippen LogP contribution in [0.1, 0.15) is 27.2 Å². The number of nitrogens with two attached hydrogens (primary N) is 1. The van der Waals surface area contributed by atoms with Crippen LogP contribution in [0.4, 0.5) is 0 Å². The Morgan fingerprint density at radius 1 is 1.55 bits per heavy atom. The fourth-order valence-corrected chi connectivity index (χ4v) is 0.945. The number of nitrogens with zero attached hydrogens (tertiary/aromatic N) is 1. The maximum Gasteiger partial charge on any atom is 0.327 e. The monoisotopic (exact) mass is 174 g/mol. The van der Waals surface area contributed by atoms with Crippen LogP contribution in [-0.4, -0.2) is 16.6 Å². The molecule has 0 amide bonds. The number of nitrogens with one attached hydrogen (secondary N) is 1. The Labute approximate surface area is 72.2 Å². The van der Waals surface area contributed by atoms with E-state index in [0.29, 0.717) is 5.17 Å². The van der Waals surface area contributed by atoms with E-state index < -0.39 is 0 Å². The van der Waals surface area contributed by atoms with Crippen molar-refractivity contribution < 1.29 is 5.10 Å². The molecule has 0 fully saturated rings. The predicted molar refractivity (Wildman–Crippen MR) is 51.7 cm³/mol. The number of hydrogen-bond donors (Lipinski definition) is 2. The fraction of sp³-hybridized carbons (Fsp3) is 0.714. The molecule has 0 saturated carbocycles. The standard InChI is InChI=1S/C7H15N3S/c1-4-5-11-7(8)10-9-6(2)3/h4-5H2,1-3H3,(H2,8,10)/p+1. The average molecular weight is 174 g/mol. The van der Waals surface area contributed by atoms with E-state index in [4.69, 9.17) is 5.73 Å². The van der Waals surface area contributed by atoms with E-state index in [1.807, 2.05) is 13.8 Å². The maximum absolute atomic E-state index is 5.57. The second kappa shape index (κ2) is 6.22. The van der Waals surface area contributed by atoms with Crippen molar-refractivity contribution in [3.8, 4) is 0 Å². The predicted octanol–water partition coefficient (Wildman–Crippen LogP) is -0.0793. The largest absolute Gasteiger partial charge is 0.327 e. The van der Waals surface area contributed by atoms with Gasteiger partial charge < -0.3 is 0 Å². The number of amidine groups is 1. The van der Waals surface area contributed by atoms with Gasteiger partial charge in [-0.3, -0.25) is 5.73 Å². The van der Waals surface area contributed by atoms with E-state index in [0.717, 1.165) is 17.9 Å². The Morgan fingerprint density at radius 2 is 2.18 bits per heavy atom. The summed E-state index contributed by atoms with van der Waals surface area (Å²) in [4.78, 5) is 0. The molecule has 0 aromatic heterocycles. The lowest BCUT2D eigenvalue weighted by molar-refractivity contribution is -0.460. The maximum atomic E-state index is 5.57. The zero-order chi connectivity index (χ0) is 8.69. The third kappa shape index (κ3) is 7.39. The molecule has 64 valence electrons. The molecule has 0 radical (unpaired) electrons. The number of rotatable bonds is 3. The van der Waals surface area contributed by atoms with Crippen molar-refractivity contribution in [3.63, 3.8) is 0 Å². The first kappa shape index (κ1) is 10.5. The highest BCUT2D eigenvalue weighted by Crippen LogP contribution is 1.96. The van der Waals surface area contributed by atoms with Crippen LogP contribution in [0.5, 0.6) is 0 Å². The summed E-state index contributed by atoms with van der Waals surface area (Å²) in [6, 6.07) is 0.